The van der Waals surface area contributed by atoms with Crippen molar-refractivity contribution < 1.29 is 5.03 Å². The molecule has 52 valence electrons. The van der Waals surface area contributed by atoms with Crippen LogP contribution in [0.3, 0.4) is 0 Å². The molecule has 0 aromatic rings. The fourth-order valence-corrected chi connectivity index (χ4v) is 0.144. The predicted molar refractivity (Wildman–Crippen MR) is 28.1 cm³/mol. The lowest BCUT2D eigenvalue weighted by Gasteiger charge is -2.07. The van der Waals surface area contributed by atoms with Gasteiger partial charge >= 0.3 is 0 Å². The highest BCUT2D eigenvalue weighted by atomic mass is 16.7. The standard InChI is InChI=1S/CH6N6O2/c2-1(6(3)4)5-7(8)9/h3-4H2,(H2,2,5). The minimum absolute atomic E-state index is 0.294. The molecule has 8 nitrogen and oxygen atoms in total. The summed E-state index contributed by atoms with van der Waals surface area (Å²) in [6, 6.07) is 0. The Morgan fingerprint density at radius 1 is 1.78 bits per heavy atom. The van der Waals surface area contributed by atoms with Crippen LogP contribution < -0.4 is 17.1 Å². The largest absolute Gasteiger partial charge is 0.283 e. The maximum absolute atomic E-state index is 9.53. The highest BCUT2D eigenvalue weighted by Gasteiger charge is 2.03. The van der Waals surface area contributed by atoms with E-state index >= 15 is 0 Å². The Labute approximate surface area is 50.0 Å². The van der Waals surface area contributed by atoms with Crippen LogP contribution in [0.15, 0.2) is 0 Å². The van der Waals surface area contributed by atoms with Crippen molar-refractivity contribution in [2.75, 3.05) is 0 Å². The molecule has 0 amide bonds. The molecule has 6 N–H and O–H groups in total. The second kappa shape index (κ2) is 2.79. The van der Waals surface area contributed by atoms with Crippen molar-refractivity contribution in [3.05, 3.63) is 10.1 Å². The van der Waals surface area contributed by atoms with Gasteiger partial charge in [0.05, 0.1) is 0 Å². The molecule has 0 rings (SSSR count). The molecule has 0 saturated heterocycles. The number of nitrogens with zero attached hydrogens (tertiary/aromatic N) is 2. The number of guanidine groups is 1. The van der Waals surface area contributed by atoms with Crippen molar-refractivity contribution >= 4 is 5.96 Å². The second-order valence-electron chi connectivity index (χ2n) is 1.12. The SMILES string of the molecule is N=C(N[N+](=O)[O-])N(N)N. The first-order valence-electron chi connectivity index (χ1n) is 1.83. The third kappa shape index (κ3) is 3.20. The third-order valence-corrected chi connectivity index (χ3v) is 0.455. The molecule has 0 spiro atoms. The first-order chi connectivity index (χ1) is 4.04. The van der Waals surface area contributed by atoms with E-state index in [-0.39, 0.29) is 0 Å². The lowest BCUT2D eigenvalue weighted by atomic mass is 11.0. The van der Waals surface area contributed by atoms with Gasteiger partial charge in [-0.15, -0.1) is 0 Å². The van der Waals surface area contributed by atoms with Crippen molar-refractivity contribution in [3.8, 4) is 0 Å². The minimum Gasteiger partial charge on any atom is -0.262 e. The Hall–Kier alpha value is -1.41. The number of nitro groups is 1. The molecule has 0 aliphatic carbocycles. The lowest BCUT2D eigenvalue weighted by molar-refractivity contribution is -0.526. The molecule has 0 aliphatic rings. The number of nitrogens with two attached hydrogens (primary N) is 2. The summed E-state index contributed by atoms with van der Waals surface area (Å²) in [6.07, 6.45) is 0. The minimum atomic E-state index is -0.935. The number of hydrogen-bond donors (Lipinski definition) is 4. The van der Waals surface area contributed by atoms with Crippen LogP contribution in [0.5, 0.6) is 0 Å². The normalized spacial score (nSPS) is 8.22. The quantitative estimate of drug-likeness (QED) is 0.105. The second-order valence-corrected chi connectivity index (χ2v) is 1.12. The summed E-state index contributed by atoms with van der Waals surface area (Å²) in [4.78, 5) is 9.53. The highest BCUT2D eigenvalue weighted by molar-refractivity contribution is 5.73. The van der Waals surface area contributed by atoms with Gasteiger partial charge in [0.15, 0.2) is 5.03 Å². The van der Waals surface area contributed by atoms with E-state index in [0.29, 0.717) is 5.12 Å². The molecule has 0 aliphatic heterocycles. The predicted octanol–water partition coefficient (Wildman–Crippen LogP) is -2.25. The summed E-state index contributed by atoms with van der Waals surface area (Å²) in [5.41, 5.74) is 1.42. The summed E-state index contributed by atoms with van der Waals surface area (Å²) in [5, 5.41) is 15.5. The molecule has 0 aromatic carbocycles. The van der Waals surface area contributed by atoms with Crippen LogP contribution in [0.2, 0.25) is 0 Å². The van der Waals surface area contributed by atoms with E-state index in [4.69, 9.17) is 17.1 Å². The average molecular weight is 134 g/mol. The van der Waals surface area contributed by atoms with Gasteiger partial charge in [-0.25, -0.2) is 26.9 Å². The summed E-state index contributed by atoms with van der Waals surface area (Å²) in [5.74, 6) is 8.73. The van der Waals surface area contributed by atoms with Gasteiger partial charge in [-0.05, 0) is 0 Å². The summed E-state index contributed by atoms with van der Waals surface area (Å²) < 4.78 is 0. The Morgan fingerprint density at radius 3 is 2.33 bits per heavy atom. The lowest BCUT2D eigenvalue weighted by Crippen LogP contribution is -2.51. The van der Waals surface area contributed by atoms with Crippen LogP contribution in [0.25, 0.3) is 0 Å². The van der Waals surface area contributed by atoms with Crippen LogP contribution in [0.4, 0.5) is 0 Å². The van der Waals surface area contributed by atoms with Gasteiger partial charge in [0.25, 0.3) is 5.96 Å². The Bertz CT molecular complexity index is 129. The van der Waals surface area contributed by atoms with E-state index in [2.05, 4.69) is 0 Å². The smallest absolute Gasteiger partial charge is 0.262 e. The number of hydrogen-bond acceptors (Lipinski definition) is 5. The molecule has 0 heterocycles. The zero-order valence-corrected chi connectivity index (χ0v) is 4.37. The van der Waals surface area contributed by atoms with Crippen LogP contribution in [-0.2, 0) is 0 Å². The fraction of sp³-hybridized carbons (Fsp3) is 0. The van der Waals surface area contributed by atoms with Gasteiger partial charge in [-0.1, -0.05) is 5.43 Å². The number of nitrogens with one attached hydrogen (secondary N) is 2. The topological polar surface area (TPSA) is 134 Å². The van der Waals surface area contributed by atoms with Crippen LogP contribution in [0.1, 0.15) is 0 Å². The molecule has 0 saturated carbocycles. The molecule has 0 atom stereocenters. The molecular formula is CH6N6O2. The van der Waals surface area contributed by atoms with Crippen molar-refractivity contribution in [1.82, 2.24) is 10.5 Å². The van der Waals surface area contributed by atoms with Crippen molar-refractivity contribution in [1.29, 1.82) is 5.41 Å². The molecule has 0 aromatic heterocycles. The van der Waals surface area contributed by atoms with Gasteiger partial charge < -0.3 is 0 Å². The van der Waals surface area contributed by atoms with Crippen LogP contribution >= 0.6 is 0 Å². The average Bonchev–Trinajstić information content (AvgIpc) is 1.63. The Kier molecular flexibility index (Phi) is 2.35. The van der Waals surface area contributed by atoms with Gasteiger partial charge in [-0.2, -0.15) is 0 Å². The van der Waals surface area contributed by atoms with E-state index in [1.807, 2.05) is 0 Å². The molecule has 8 heteroatoms. The van der Waals surface area contributed by atoms with E-state index in [0.717, 1.165) is 0 Å². The summed E-state index contributed by atoms with van der Waals surface area (Å²) in [7, 11) is 0. The monoisotopic (exact) mass is 134 g/mol. The van der Waals surface area contributed by atoms with Gasteiger partial charge in [0, 0.05) is 0 Å². The van der Waals surface area contributed by atoms with E-state index in [1.165, 1.54) is 5.43 Å². The van der Waals surface area contributed by atoms with Crippen molar-refractivity contribution in [3.63, 3.8) is 0 Å². The van der Waals surface area contributed by atoms with E-state index in [1.54, 1.807) is 0 Å². The molecule has 0 unspecified atom stereocenters. The first-order valence-corrected chi connectivity index (χ1v) is 1.83. The molecule has 9 heavy (non-hydrogen) atoms. The summed E-state index contributed by atoms with van der Waals surface area (Å²) >= 11 is 0. The Balaban J connectivity index is 3.64. The molecule has 0 fully saturated rings. The molecular weight excluding hydrogens is 128 g/mol. The van der Waals surface area contributed by atoms with Gasteiger partial charge in [0.1, 0.15) is 0 Å². The maximum atomic E-state index is 9.53. The maximum Gasteiger partial charge on any atom is 0.283 e. The zero-order chi connectivity index (χ0) is 7.44. The summed E-state index contributed by atoms with van der Waals surface area (Å²) in [6.45, 7) is 0. The van der Waals surface area contributed by atoms with E-state index in [9.17, 15) is 10.1 Å². The third-order valence-electron chi connectivity index (χ3n) is 0.455. The van der Waals surface area contributed by atoms with E-state index < -0.39 is 11.0 Å². The fourth-order valence-electron chi connectivity index (χ4n) is 0.144. The van der Waals surface area contributed by atoms with Gasteiger partial charge in [-0.3, -0.25) is 5.41 Å². The number of hydrazine groups is 3. The van der Waals surface area contributed by atoms with Gasteiger partial charge in [0.2, 0.25) is 0 Å². The van der Waals surface area contributed by atoms with Crippen LogP contribution in [-0.4, -0.2) is 16.1 Å². The van der Waals surface area contributed by atoms with Crippen molar-refractivity contribution in [2.45, 2.75) is 0 Å². The van der Waals surface area contributed by atoms with Crippen LogP contribution in [0, 0.1) is 15.5 Å². The van der Waals surface area contributed by atoms with Crippen molar-refractivity contribution in [2.24, 2.45) is 11.7 Å². The molecule has 0 bridgehead atoms. The highest BCUT2D eigenvalue weighted by Crippen LogP contribution is 1.63. The number of rotatable bonds is 1. The first kappa shape index (κ1) is 7.59. The Morgan fingerprint density at radius 2 is 2.22 bits per heavy atom. The molecule has 0 radical (unpaired) electrons. The zero-order valence-electron chi connectivity index (χ0n) is 4.37.